The molecule has 0 unspecified atom stereocenters. The van der Waals surface area contributed by atoms with Crippen LogP contribution in [0.4, 0.5) is 4.39 Å². The molecule has 0 spiro atoms. The van der Waals surface area contributed by atoms with Gasteiger partial charge in [0.2, 0.25) is 0 Å². The highest BCUT2D eigenvalue weighted by Crippen LogP contribution is 2.26. The number of ether oxygens (including phenoxy) is 1. The summed E-state index contributed by atoms with van der Waals surface area (Å²) in [5, 5.41) is 3.27. The van der Waals surface area contributed by atoms with Gasteiger partial charge >= 0.3 is 0 Å². The van der Waals surface area contributed by atoms with E-state index >= 15 is 0 Å². The second-order valence-corrected chi connectivity index (χ2v) is 5.61. The van der Waals surface area contributed by atoms with Crippen molar-refractivity contribution in [1.82, 2.24) is 10.3 Å². The van der Waals surface area contributed by atoms with Gasteiger partial charge in [0.25, 0.3) is 0 Å². The lowest BCUT2D eigenvalue weighted by molar-refractivity contribution is 0.440. The van der Waals surface area contributed by atoms with E-state index in [1.54, 1.807) is 30.5 Å². The molecule has 1 aromatic heterocycles. The third-order valence-electron chi connectivity index (χ3n) is 2.60. The van der Waals surface area contributed by atoms with Crippen LogP contribution in [0.25, 0.3) is 0 Å². The summed E-state index contributed by atoms with van der Waals surface area (Å²) in [5.74, 6) is 0.363. The summed E-state index contributed by atoms with van der Waals surface area (Å²) in [5.41, 5.74) is 0.855. The number of benzene rings is 1. The zero-order chi connectivity index (χ0) is 14.5. The van der Waals surface area contributed by atoms with Gasteiger partial charge in [-0.25, -0.2) is 4.39 Å². The molecule has 0 radical (unpaired) electrons. The molecule has 0 aliphatic carbocycles. The quantitative estimate of drug-likeness (QED) is 0.883. The minimum Gasteiger partial charge on any atom is -0.454 e. The number of nitrogens with one attached hydrogen (secondary N) is 1. The Morgan fingerprint density at radius 3 is 2.80 bits per heavy atom. The summed E-state index contributed by atoms with van der Waals surface area (Å²) in [4.78, 5) is 4.25. The molecule has 0 aliphatic rings. The average molecular weight is 339 g/mol. The van der Waals surface area contributed by atoms with Crippen molar-refractivity contribution in [3.05, 3.63) is 52.5 Å². The minimum absolute atomic E-state index is 0.196. The molecule has 2 rings (SSSR count). The third kappa shape index (κ3) is 4.28. The third-order valence-corrected chi connectivity index (χ3v) is 3.09. The first-order chi connectivity index (χ1) is 9.54. The molecule has 0 saturated heterocycles. The number of halogens is 2. The van der Waals surface area contributed by atoms with Crippen LogP contribution in [0.15, 0.2) is 41.0 Å². The maximum absolute atomic E-state index is 13.7. The summed E-state index contributed by atoms with van der Waals surface area (Å²) < 4.78 is 19.9. The van der Waals surface area contributed by atoms with Crippen LogP contribution in [0.3, 0.4) is 0 Å². The Hall–Kier alpha value is -1.46. The van der Waals surface area contributed by atoms with E-state index in [2.05, 4.69) is 40.1 Å². The van der Waals surface area contributed by atoms with Crippen LogP contribution in [0.5, 0.6) is 11.5 Å². The summed E-state index contributed by atoms with van der Waals surface area (Å²) >= 11 is 3.21. The summed E-state index contributed by atoms with van der Waals surface area (Å²) in [6.07, 6.45) is 1.66. The molecule has 1 aromatic carbocycles. The van der Waals surface area contributed by atoms with Gasteiger partial charge in [-0.3, -0.25) is 4.98 Å². The zero-order valence-corrected chi connectivity index (χ0v) is 12.9. The Balaban J connectivity index is 2.11. The Morgan fingerprint density at radius 2 is 2.10 bits per heavy atom. The highest BCUT2D eigenvalue weighted by Gasteiger charge is 2.06. The predicted molar refractivity (Wildman–Crippen MR) is 80.4 cm³/mol. The lowest BCUT2D eigenvalue weighted by atomic mass is 10.3. The molecular formula is C15H16BrFN2O. The largest absolute Gasteiger partial charge is 0.454 e. The first kappa shape index (κ1) is 14.9. The SMILES string of the molecule is CC(C)NCc1cc(Oc2ccc(Br)cc2F)ccn1. The van der Waals surface area contributed by atoms with Crippen molar-refractivity contribution in [3.8, 4) is 11.5 Å². The van der Waals surface area contributed by atoms with Gasteiger partial charge in [0.15, 0.2) is 11.6 Å². The molecule has 106 valence electrons. The number of pyridine rings is 1. The van der Waals surface area contributed by atoms with Crippen LogP contribution in [-0.4, -0.2) is 11.0 Å². The maximum atomic E-state index is 13.7. The van der Waals surface area contributed by atoms with Crippen molar-refractivity contribution in [1.29, 1.82) is 0 Å². The first-order valence-corrected chi connectivity index (χ1v) is 7.15. The fourth-order valence-corrected chi connectivity index (χ4v) is 1.94. The Labute approximate surface area is 126 Å². The fourth-order valence-electron chi connectivity index (χ4n) is 1.61. The molecule has 0 bridgehead atoms. The van der Waals surface area contributed by atoms with Crippen molar-refractivity contribution in [2.24, 2.45) is 0 Å². The number of hydrogen-bond donors (Lipinski definition) is 1. The van der Waals surface area contributed by atoms with Crippen LogP contribution < -0.4 is 10.1 Å². The van der Waals surface area contributed by atoms with Crippen molar-refractivity contribution < 1.29 is 9.13 Å². The fraction of sp³-hybridized carbons (Fsp3) is 0.267. The topological polar surface area (TPSA) is 34.1 Å². The van der Waals surface area contributed by atoms with E-state index in [4.69, 9.17) is 4.74 Å². The van der Waals surface area contributed by atoms with Crippen molar-refractivity contribution in [2.75, 3.05) is 0 Å². The van der Waals surface area contributed by atoms with E-state index in [9.17, 15) is 4.39 Å². The lowest BCUT2D eigenvalue weighted by Crippen LogP contribution is -2.22. The molecule has 0 saturated carbocycles. The summed E-state index contributed by atoms with van der Waals surface area (Å²) in [6, 6.07) is 8.59. The average Bonchev–Trinajstić information content (AvgIpc) is 2.40. The molecule has 3 nitrogen and oxygen atoms in total. The van der Waals surface area contributed by atoms with Gasteiger partial charge in [-0.1, -0.05) is 29.8 Å². The molecule has 0 atom stereocenters. The molecule has 2 aromatic rings. The summed E-state index contributed by atoms with van der Waals surface area (Å²) in [7, 11) is 0. The van der Waals surface area contributed by atoms with Crippen LogP contribution in [0.2, 0.25) is 0 Å². The Morgan fingerprint density at radius 1 is 1.30 bits per heavy atom. The van der Waals surface area contributed by atoms with Crippen molar-refractivity contribution >= 4 is 15.9 Å². The maximum Gasteiger partial charge on any atom is 0.166 e. The minimum atomic E-state index is -0.405. The van der Waals surface area contributed by atoms with E-state index in [1.165, 1.54) is 6.07 Å². The highest BCUT2D eigenvalue weighted by molar-refractivity contribution is 9.10. The first-order valence-electron chi connectivity index (χ1n) is 6.36. The van der Waals surface area contributed by atoms with Crippen LogP contribution >= 0.6 is 15.9 Å². The van der Waals surface area contributed by atoms with Gasteiger partial charge in [-0.05, 0) is 24.3 Å². The smallest absolute Gasteiger partial charge is 0.166 e. The number of nitrogens with zero attached hydrogens (tertiary/aromatic N) is 1. The van der Waals surface area contributed by atoms with E-state index in [0.29, 0.717) is 22.8 Å². The molecular weight excluding hydrogens is 323 g/mol. The standard InChI is InChI=1S/C15H16BrFN2O/c1-10(2)19-9-12-8-13(5-6-18-12)20-15-4-3-11(16)7-14(15)17/h3-8,10,19H,9H2,1-2H3. The Kier molecular flexibility index (Phi) is 5.09. The number of hydrogen-bond acceptors (Lipinski definition) is 3. The Bertz CT molecular complexity index is 590. The van der Waals surface area contributed by atoms with Crippen molar-refractivity contribution in [3.63, 3.8) is 0 Å². The van der Waals surface area contributed by atoms with Gasteiger partial charge in [0.05, 0.1) is 5.69 Å². The highest BCUT2D eigenvalue weighted by atomic mass is 79.9. The van der Waals surface area contributed by atoms with Gasteiger partial charge < -0.3 is 10.1 Å². The lowest BCUT2D eigenvalue weighted by Gasteiger charge is -2.10. The molecule has 0 aliphatic heterocycles. The summed E-state index contributed by atoms with van der Waals surface area (Å²) in [6.45, 7) is 4.78. The normalized spacial score (nSPS) is 10.8. The number of rotatable bonds is 5. The molecule has 5 heteroatoms. The van der Waals surface area contributed by atoms with Gasteiger partial charge in [-0.2, -0.15) is 0 Å². The van der Waals surface area contributed by atoms with Gasteiger partial charge in [0, 0.05) is 29.3 Å². The van der Waals surface area contributed by atoms with Crippen LogP contribution in [-0.2, 0) is 6.54 Å². The van der Waals surface area contributed by atoms with E-state index < -0.39 is 5.82 Å². The predicted octanol–water partition coefficient (Wildman–Crippen LogP) is 4.27. The second-order valence-electron chi connectivity index (χ2n) is 4.70. The molecule has 0 amide bonds. The van der Waals surface area contributed by atoms with Gasteiger partial charge in [-0.15, -0.1) is 0 Å². The second kappa shape index (κ2) is 6.81. The van der Waals surface area contributed by atoms with Crippen molar-refractivity contribution in [2.45, 2.75) is 26.4 Å². The zero-order valence-electron chi connectivity index (χ0n) is 11.4. The van der Waals surface area contributed by atoms with E-state index in [1.807, 2.05) is 0 Å². The molecule has 1 N–H and O–H groups in total. The molecule has 20 heavy (non-hydrogen) atoms. The van der Waals surface area contributed by atoms with Gasteiger partial charge in [0.1, 0.15) is 5.75 Å². The van der Waals surface area contributed by atoms with Crippen LogP contribution in [0.1, 0.15) is 19.5 Å². The van der Waals surface area contributed by atoms with Crippen LogP contribution in [0, 0.1) is 5.82 Å². The molecule has 1 heterocycles. The monoisotopic (exact) mass is 338 g/mol. The van der Waals surface area contributed by atoms with E-state index in [-0.39, 0.29) is 5.75 Å². The number of aromatic nitrogens is 1. The van der Waals surface area contributed by atoms with E-state index in [0.717, 1.165) is 5.69 Å². The molecule has 0 fully saturated rings.